The number of carbonyl (C=O) groups excluding carboxylic acids is 1. The first-order chi connectivity index (χ1) is 12.8. The molecule has 1 N–H and O–H groups in total. The summed E-state index contributed by atoms with van der Waals surface area (Å²) in [6.45, 7) is 1.33. The van der Waals surface area contributed by atoms with Crippen LogP contribution in [-0.4, -0.2) is 27.4 Å². The van der Waals surface area contributed by atoms with Crippen LogP contribution in [0.3, 0.4) is 0 Å². The molecule has 0 spiro atoms. The third-order valence-corrected chi connectivity index (χ3v) is 4.45. The second-order valence-electron chi connectivity index (χ2n) is 6.19. The molecular weight excluding hydrogens is 326 g/mol. The summed E-state index contributed by atoms with van der Waals surface area (Å²) in [5.41, 5.74) is 3.79. The minimum atomic E-state index is -0.0576. The summed E-state index contributed by atoms with van der Waals surface area (Å²) in [6, 6.07) is 11.9. The van der Waals surface area contributed by atoms with Crippen molar-refractivity contribution in [3.8, 4) is 0 Å². The van der Waals surface area contributed by atoms with Gasteiger partial charge in [-0.3, -0.25) is 9.78 Å². The molecular formula is C20H19N5O. The lowest BCUT2D eigenvalue weighted by Crippen LogP contribution is -2.35. The number of hydrogen-bond donors (Lipinski definition) is 1. The Bertz CT molecular complexity index is 896. The van der Waals surface area contributed by atoms with Gasteiger partial charge in [0.25, 0.3) is 5.91 Å². The maximum absolute atomic E-state index is 12.9. The highest BCUT2D eigenvalue weighted by atomic mass is 16.2. The predicted octanol–water partition coefficient (Wildman–Crippen LogP) is 3.08. The van der Waals surface area contributed by atoms with E-state index in [0.29, 0.717) is 18.1 Å². The number of para-hydroxylation sites is 1. The molecule has 6 nitrogen and oxygen atoms in total. The summed E-state index contributed by atoms with van der Waals surface area (Å²) in [5.74, 6) is 0.440. The Kier molecular flexibility index (Phi) is 4.55. The van der Waals surface area contributed by atoms with Gasteiger partial charge in [-0.05, 0) is 42.2 Å². The van der Waals surface area contributed by atoms with E-state index in [4.69, 9.17) is 0 Å². The molecule has 3 aromatic rings. The largest absolute Gasteiger partial charge is 0.350 e. The number of benzene rings is 1. The quantitative estimate of drug-likeness (QED) is 0.787. The SMILES string of the molecule is O=C(c1cnc(NCc2ccncc2)nc1)N1CCCc2ccccc21. The highest BCUT2D eigenvalue weighted by Crippen LogP contribution is 2.27. The Morgan fingerprint density at radius 3 is 2.65 bits per heavy atom. The van der Waals surface area contributed by atoms with Crippen LogP contribution in [0.1, 0.15) is 27.9 Å². The van der Waals surface area contributed by atoms with Crippen molar-refractivity contribution in [2.75, 3.05) is 16.8 Å². The Balaban J connectivity index is 1.46. The lowest BCUT2D eigenvalue weighted by molar-refractivity contribution is 0.0984. The number of anilines is 2. The van der Waals surface area contributed by atoms with Crippen LogP contribution in [0.5, 0.6) is 0 Å². The van der Waals surface area contributed by atoms with Crippen molar-refractivity contribution in [1.82, 2.24) is 15.0 Å². The molecule has 3 heterocycles. The van der Waals surface area contributed by atoms with Gasteiger partial charge in [-0.1, -0.05) is 18.2 Å². The summed E-state index contributed by atoms with van der Waals surface area (Å²) in [6.07, 6.45) is 8.64. The molecule has 0 bridgehead atoms. The van der Waals surface area contributed by atoms with Gasteiger partial charge in [-0.25, -0.2) is 9.97 Å². The molecule has 0 unspecified atom stereocenters. The molecule has 2 aromatic heterocycles. The van der Waals surface area contributed by atoms with E-state index < -0.39 is 0 Å². The number of carbonyl (C=O) groups is 1. The fraction of sp³-hybridized carbons (Fsp3) is 0.200. The van der Waals surface area contributed by atoms with Gasteiger partial charge in [0.05, 0.1) is 5.56 Å². The van der Waals surface area contributed by atoms with E-state index in [0.717, 1.165) is 30.6 Å². The van der Waals surface area contributed by atoms with Crippen LogP contribution >= 0.6 is 0 Å². The standard InChI is InChI=1S/C20H19N5O/c26-19(25-11-3-5-16-4-1-2-6-18(16)25)17-13-23-20(24-14-17)22-12-15-7-9-21-10-8-15/h1-2,4,6-10,13-14H,3,5,11-12H2,(H,22,23,24). The molecule has 6 heteroatoms. The van der Waals surface area contributed by atoms with Crippen LogP contribution in [0, 0.1) is 0 Å². The Labute approximate surface area is 151 Å². The van der Waals surface area contributed by atoms with Crippen molar-refractivity contribution in [2.24, 2.45) is 0 Å². The van der Waals surface area contributed by atoms with Gasteiger partial charge in [0, 0.05) is 43.6 Å². The molecule has 26 heavy (non-hydrogen) atoms. The van der Waals surface area contributed by atoms with Crippen LogP contribution in [0.15, 0.2) is 61.2 Å². The third kappa shape index (κ3) is 3.39. The number of nitrogens with one attached hydrogen (secondary N) is 1. The number of hydrogen-bond acceptors (Lipinski definition) is 5. The zero-order valence-electron chi connectivity index (χ0n) is 14.3. The first kappa shape index (κ1) is 16.2. The average molecular weight is 345 g/mol. The highest BCUT2D eigenvalue weighted by molar-refractivity contribution is 6.06. The van der Waals surface area contributed by atoms with Gasteiger partial charge in [0.2, 0.25) is 5.95 Å². The van der Waals surface area contributed by atoms with E-state index in [9.17, 15) is 4.79 Å². The Hall–Kier alpha value is -3.28. The summed E-state index contributed by atoms with van der Waals surface area (Å²) in [4.78, 5) is 27.2. The topological polar surface area (TPSA) is 71.0 Å². The van der Waals surface area contributed by atoms with E-state index in [1.807, 2.05) is 35.2 Å². The molecule has 1 amide bonds. The summed E-state index contributed by atoms with van der Waals surface area (Å²) >= 11 is 0. The monoisotopic (exact) mass is 345 g/mol. The number of rotatable bonds is 4. The van der Waals surface area contributed by atoms with Crippen molar-refractivity contribution >= 4 is 17.5 Å². The van der Waals surface area contributed by atoms with Gasteiger partial charge in [0.1, 0.15) is 0 Å². The minimum Gasteiger partial charge on any atom is -0.350 e. The lowest BCUT2D eigenvalue weighted by atomic mass is 10.0. The van der Waals surface area contributed by atoms with E-state index in [1.54, 1.807) is 24.8 Å². The fourth-order valence-electron chi connectivity index (χ4n) is 3.11. The normalized spacial score (nSPS) is 13.2. The number of aromatic nitrogens is 3. The molecule has 130 valence electrons. The summed E-state index contributed by atoms with van der Waals surface area (Å²) in [7, 11) is 0. The number of amides is 1. The number of pyridine rings is 1. The van der Waals surface area contributed by atoms with Crippen molar-refractivity contribution in [2.45, 2.75) is 19.4 Å². The molecule has 1 aliphatic rings. The number of aryl methyl sites for hydroxylation is 1. The van der Waals surface area contributed by atoms with Crippen LogP contribution in [0.25, 0.3) is 0 Å². The van der Waals surface area contributed by atoms with E-state index in [2.05, 4.69) is 26.3 Å². The molecule has 1 aromatic carbocycles. The smallest absolute Gasteiger partial charge is 0.261 e. The van der Waals surface area contributed by atoms with Gasteiger partial charge >= 0.3 is 0 Å². The third-order valence-electron chi connectivity index (χ3n) is 4.45. The minimum absolute atomic E-state index is 0.0576. The van der Waals surface area contributed by atoms with Crippen LogP contribution < -0.4 is 10.2 Å². The maximum atomic E-state index is 12.9. The molecule has 1 aliphatic heterocycles. The van der Waals surface area contributed by atoms with Crippen LogP contribution in [0.4, 0.5) is 11.6 Å². The van der Waals surface area contributed by atoms with Gasteiger partial charge in [-0.15, -0.1) is 0 Å². The zero-order chi connectivity index (χ0) is 17.8. The maximum Gasteiger partial charge on any atom is 0.261 e. The molecule has 0 atom stereocenters. The first-order valence-electron chi connectivity index (χ1n) is 8.66. The molecule has 0 aliphatic carbocycles. The molecule has 0 saturated heterocycles. The zero-order valence-corrected chi connectivity index (χ0v) is 14.3. The fourth-order valence-corrected chi connectivity index (χ4v) is 3.11. The summed E-state index contributed by atoms with van der Waals surface area (Å²) in [5, 5.41) is 3.15. The molecule has 0 radical (unpaired) electrons. The lowest BCUT2D eigenvalue weighted by Gasteiger charge is -2.29. The molecule has 0 saturated carbocycles. The van der Waals surface area contributed by atoms with Gasteiger partial charge < -0.3 is 10.2 Å². The Morgan fingerprint density at radius 2 is 1.85 bits per heavy atom. The van der Waals surface area contributed by atoms with Crippen LogP contribution in [0.2, 0.25) is 0 Å². The number of nitrogens with zero attached hydrogens (tertiary/aromatic N) is 4. The van der Waals surface area contributed by atoms with E-state index in [1.165, 1.54) is 5.56 Å². The average Bonchev–Trinajstić information content (AvgIpc) is 2.72. The van der Waals surface area contributed by atoms with Gasteiger partial charge in [-0.2, -0.15) is 0 Å². The first-order valence-corrected chi connectivity index (χ1v) is 8.66. The second-order valence-corrected chi connectivity index (χ2v) is 6.19. The van der Waals surface area contributed by atoms with Crippen molar-refractivity contribution in [3.63, 3.8) is 0 Å². The van der Waals surface area contributed by atoms with Crippen molar-refractivity contribution < 1.29 is 4.79 Å². The van der Waals surface area contributed by atoms with Gasteiger partial charge in [0.15, 0.2) is 0 Å². The van der Waals surface area contributed by atoms with E-state index >= 15 is 0 Å². The highest BCUT2D eigenvalue weighted by Gasteiger charge is 2.23. The predicted molar refractivity (Wildman–Crippen MR) is 100 cm³/mol. The van der Waals surface area contributed by atoms with Crippen molar-refractivity contribution in [1.29, 1.82) is 0 Å². The number of fused-ring (bicyclic) bond motifs is 1. The summed E-state index contributed by atoms with van der Waals surface area (Å²) < 4.78 is 0. The van der Waals surface area contributed by atoms with Crippen LogP contribution in [-0.2, 0) is 13.0 Å². The molecule has 0 fully saturated rings. The molecule has 4 rings (SSSR count). The second kappa shape index (κ2) is 7.31. The van der Waals surface area contributed by atoms with E-state index in [-0.39, 0.29) is 5.91 Å². The van der Waals surface area contributed by atoms with Crippen molar-refractivity contribution in [3.05, 3.63) is 77.9 Å². The Morgan fingerprint density at radius 1 is 1.08 bits per heavy atom.